The van der Waals surface area contributed by atoms with Crippen molar-refractivity contribution in [1.29, 1.82) is 0 Å². The minimum atomic E-state index is -0.818. The third-order valence-corrected chi connectivity index (χ3v) is 3.10. The zero-order valence-corrected chi connectivity index (χ0v) is 11.2. The standard InChI is InChI=1S/C17H18O3/c18-17(19)16(11-14-7-3-1-4-8-14)13-20-12-15-9-5-2-6-10-15/h1-10,16H,11-13H2,(H,18,19). The molecule has 0 spiro atoms. The molecule has 3 nitrogen and oxygen atoms in total. The molecule has 0 amide bonds. The number of carboxylic acids is 1. The Bertz CT molecular complexity index is 522. The summed E-state index contributed by atoms with van der Waals surface area (Å²) in [6, 6.07) is 19.4. The van der Waals surface area contributed by atoms with Crippen molar-refractivity contribution in [2.75, 3.05) is 6.61 Å². The third-order valence-electron chi connectivity index (χ3n) is 3.10. The van der Waals surface area contributed by atoms with Crippen molar-refractivity contribution in [3.05, 3.63) is 71.8 Å². The van der Waals surface area contributed by atoms with Gasteiger partial charge >= 0.3 is 5.97 Å². The summed E-state index contributed by atoms with van der Waals surface area (Å²) in [6.45, 7) is 0.665. The van der Waals surface area contributed by atoms with E-state index in [1.165, 1.54) is 0 Å². The van der Waals surface area contributed by atoms with Crippen molar-refractivity contribution in [2.24, 2.45) is 5.92 Å². The van der Waals surface area contributed by atoms with E-state index in [1.54, 1.807) is 0 Å². The molecule has 2 rings (SSSR count). The van der Waals surface area contributed by atoms with E-state index in [9.17, 15) is 9.90 Å². The smallest absolute Gasteiger partial charge is 0.309 e. The Kier molecular flexibility index (Phi) is 5.33. The summed E-state index contributed by atoms with van der Waals surface area (Å²) in [7, 11) is 0. The first kappa shape index (κ1) is 14.3. The molecule has 0 aliphatic heterocycles. The average Bonchev–Trinajstić information content (AvgIpc) is 2.48. The van der Waals surface area contributed by atoms with E-state index in [0.29, 0.717) is 13.0 Å². The van der Waals surface area contributed by atoms with E-state index < -0.39 is 11.9 Å². The molecule has 0 aliphatic rings. The Hall–Kier alpha value is -2.13. The van der Waals surface area contributed by atoms with Crippen molar-refractivity contribution in [3.63, 3.8) is 0 Å². The van der Waals surface area contributed by atoms with Crippen molar-refractivity contribution in [2.45, 2.75) is 13.0 Å². The molecule has 0 aliphatic carbocycles. The van der Waals surface area contributed by atoms with Gasteiger partial charge in [0.15, 0.2) is 0 Å². The molecule has 0 bridgehead atoms. The molecule has 0 radical (unpaired) electrons. The number of aliphatic carboxylic acids is 1. The van der Waals surface area contributed by atoms with Gasteiger partial charge in [0.1, 0.15) is 0 Å². The summed E-state index contributed by atoms with van der Waals surface area (Å²) >= 11 is 0. The number of carbonyl (C=O) groups is 1. The molecule has 1 atom stereocenters. The van der Waals surface area contributed by atoms with Gasteiger partial charge in [0.25, 0.3) is 0 Å². The van der Waals surface area contributed by atoms with E-state index in [2.05, 4.69) is 0 Å². The van der Waals surface area contributed by atoms with Crippen molar-refractivity contribution < 1.29 is 14.6 Å². The van der Waals surface area contributed by atoms with Crippen LogP contribution in [0.5, 0.6) is 0 Å². The van der Waals surface area contributed by atoms with Crippen LogP contribution in [0.1, 0.15) is 11.1 Å². The lowest BCUT2D eigenvalue weighted by Gasteiger charge is -2.13. The van der Waals surface area contributed by atoms with Crippen LogP contribution in [0.3, 0.4) is 0 Å². The fraction of sp³-hybridized carbons (Fsp3) is 0.235. The van der Waals surface area contributed by atoms with Crippen LogP contribution in [-0.4, -0.2) is 17.7 Å². The molecule has 0 saturated carbocycles. The highest BCUT2D eigenvalue weighted by atomic mass is 16.5. The Morgan fingerprint density at radius 1 is 0.950 bits per heavy atom. The Morgan fingerprint density at radius 3 is 2.05 bits per heavy atom. The first-order chi connectivity index (χ1) is 9.75. The average molecular weight is 270 g/mol. The van der Waals surface area contributed by atoms with Crippen LogP contribution >= 0.6 is 0 Å². The van der Waals surface area contributed by atoms with Crippen LogP contribution in [0, 0.1) is 5.92 Å². The van der Waals surface area contributed by atoms with Crippen LogP contribution in [0.15, 0.2) is 60.7 Å². The predicted molar refractivity (Wildman–Crippen MR) is 77.4 cm³/mol. The second-order valence-corrected chi connectivity index (χ2v) is 4.73. The summed E-state index contributed by atoms with van der Waals surface area (Å²) in [5.74, 6) is -1.33. The molecule has 104 valence electrons. The third kappa shape index (κ3) is 4.52. The molecule has 0 fully saturated rings. The van der Waals surface area contributed by atoms with Crippen LogP contribution < -0.4 is 0 Å². The summed E-state index contributed by atoms with van der Waals surface area (Å²) in [5, 5.41) is 9.25. The number of rotatable bonds is 7. The van der Waals surface area contributed by atoms with Crippen molar-refractivity contribution >= 4 is 5.97 Å². The van der Waals surface area contributed by atoms with E-state index in [0.717, 1.165) is 11.1 Å². The lowest BCUT2D eigenvalue weighted by molar-refractivity contribution is -0.144. The first-order valence-electron chi connectivity index (χ1n) is 6.64. The largest absolute Gasteiger partial charge is 0.481 e. The van der Waals surface area contributed by atoms with Gasteiger partial charge in [-0.05, 0) is 17.5 Å². The highest BCUT2D eigenvalue weighted by molar-refractivity contribution is 5.70. The molecular formula is C17H18O3. The quantitative estimate of drug-likeness (QED) is 0.840. The van der Waals surface area contributed by atoms with Gasteiger partial charge < -0.3 is 9.84 Å². The maximum absolute atomic E-state index is 11.3. The molecule has 2 aromatic rings. The minimum absolute atomic E-state index is 0.221. The number of hydrogen-bond donors (Lipinski definition) is 1. The fourth-order valence-electron chi connectivity index (χ4n) is 2.01. The van der Waals surface area contributed by atoms with Crippen molar-refractivity contribution in [1.82, 2.24) is 0 Å². The van der Waals surface area contributed by atoms with Gasteiger partial charge in [0.05, 0.1) is 19.1 Å². The van der Waals surface area contributed by atoms with E-state index >= 15 is 0 Å². The van der Waals surface area contributed by atoms with Crippen LogP contribution in [0.2, 0.25) is 0 Å². The van der Waals surface area contributed by atoms with Crippen LogP contribution in [-0.2, 0) is 22.6 Å². The highest BCUT2D eigenvalue weighted by Crippen LogP contribution is 2.11. The number of benzene rings is 2. The second kappa shape index (κ2) is 7.46. The lowest BCUT2D eigenvalue weighted by atomic mass is 10.0. The summed E-state index contributed by atoms with van der Waals surface area (Å²) in [5.41, 5.74) is 2.07. The van der Waals surface area contributed by atoms with E-state index in [4.69, 9.17) is 4.74 Å². The zero-order valence-electron chi connectivity index (χ0n) is 11.2. The monoisotopic (exact) mass is 270 g/mol. The first-order valence-corrected chi connectivity index (χ1v) is 6.64. The van der Waals surface area contributed by atoms with Gasteiger partial charge in [0.2, 0.25) is 0 Å². The maximum Gasteiger partial charge on any atom is 0.309 e. The van der Waals surface area contributed by atoms with Gasteiger partial charge in [-0.25, -0.2) is 0 Å². The number of hydrogen-bond acceptors (Lipinski definition) is 2. The molecular weight excluding hydrogens is 252 g/mol. The van der Waals surface area contributed by atoms with Gasteiger partial charge in [-0.1, -0.05) is 60.7 Å². The van der Waals surface area contributed by atoms with Gasteiger partial charge in [-0.3, -0.25) is 4.79 Å². The van der Waals surface area contributed by atoms with Gasteiger partial charge in [-0.15, -0.1) is 0 Å². The van der Waals surface area contributed by atoms with Gasteiger partial charge in [-0.2, -0.15) is 0 Å². The molecule has 0 saturated heterocycles. The summed E-state index contributed by atoms with van der Waals surface area (Å²) < 4.78 is 5.53. The Balaban J connectivity index is 1.85. The maximum atomic E-state index is 11.3. The topological polar surface area (TPSA) is 46.5 Å². The molecule has 1 N–H and O–H groups in total. The van der Waals surface area contributed by atoms with Crippen molar-refractivity contribution in [3.8, 4) is 0 Å². The Morgan fingerprint density at radius 2 is 1.50 bits per heavy atom. The number of ether oxygens (including phenoxy) is 1. The SMILES string of the molecule is O=C(O)C(COCc1ccccc1)Cc1ccccc1. The number of carboxylic acid groups (broad SMARTS) is 1. The zero-order chi connectivity index (χ0) is 14.2. The molecule has 0 aromatic heterocycles. The lowest BCUT2D eigenvalue weighted by Crippen LogP contribution is -2.22. The van der Waals surface area contributed by atoms with Gasteiger partial charge in [0, 0.05) is 0 Å². The van der Waals surface area contributed by atoms with E-state index in [-0.39, 0.29) is 6.61 Å². The Labute approximate surface area is 118 Å². The molecule has 0 heterocycles. The molecule has 1 unspecified atom stereocenters. The normalized spacial score (nSPS) is 12.0. The predicted octanol–water partition coefficient (Wildman–Crippen LogP) is 3.15. The van der Waals surface area contributed by atoms with Crippen LogP contribution in [0.25, 0.3) is 0 Å². The molecule has 20 heavy (non-hydrogen) atoms. The van der Waals surface area contributed by atoms with Crippen LogP contribution in [0.4, 0.5) is 0 Å². The highest BCUT2D eigenvalue weighted by Gasteiger charge is 2.18. The minimum Gasteiger partial charge on any atom is -0.481 e. The molecule has 3 heteroatoms. The second-order valence-electron chi connectivity index (χ2n) is 4.73. The molecule has 2 aromatic carbocycles. The summed E-state index contributed by atoms with van der Waals surface area (Å²) in [6.07, 6.45) is 0.491. The summed E-state index contributed by atoms with van der Waals surface area (Å²) in [4.78, 5) is 11.3. The van der Waals surface area contributed by atoms with E-state index in [1.807, 2.05) is 60.7 Å². The fourth-order valence-corrected chi connectivity index (χ4v) is 2.01.